The molecule has 0 radical (unpaired) electrons. The summed E-state index contributed by atoms with van der Waals surface area (Å²) in [6.07, 6.45) is 0.547. The number of halogens is 2. The average Bonchev–Trinajstić information content (AvgIpc) is 3.30. The lowest BCUT2D eigenvalue weighted by Crippen LogP contribution is -2.20. The summed E-state index contributed by atoms with van der Waals surface area (Å²) in [6, 6.07) is 13.8. The summed E-state index contributed by atoms with van der Waals surface area (Å²) < 4.78 is 0. The van der Waals surface area contributed by atoms with Crippen LogP contribution in [-0.2, 0) is 9.59 Å². The Morgan fingerprint density at radius 2 is 1.43 bits per heavy atom. The molecule has 0 bridgehead atoms. The first kappa shape index (κ1) is 15.8. The van der Waals surface area contributed by atoms with Crippen molar-refractivity contribution in [2.24, 2.45) is 11.8 Å². The lowest BCUT2D eigenvalue weighted by Gasteiger charge is -2.06. The number of hydrogen-bond acceptors (Lipinski definition) is 2. The van der Waals surface area contributed by atoms with E-state index in [0.29, 0.717) is 27.8 Å². The van der Waals surface area contributed by atoms with Crippen molar-refractivity contribution < 1.29 is 9.59 Å². The topological polar surface area (TPSA) is 58.2 Å². The Kier molecular flexibility index (Phi) is 4.55. The standard InChI is InChI=1S/C17H14Cl2N2O2/c18-10-4-6-12(7-5-10)20-16(22)14-9-15(14)17(23)21-13-3-1-2-11(19)8-13/h1-8,14-15H,9H2,(H,20,22)(H,21,23). The van der Waals surface area contributed by atoms with Gasteiger partial charge in [-0.05, 0) is 48.9 Å². The van der Waals surface area contributed by atoms with Crippen LogP contribution in [0, 0.1) is 11.8 Å². The third-order valence-corrected chi connectivity index (χ3v) is 4.15. The van der Waals surface area contributed by atoms with Gasteiger partial charge in [0.05, 0.1) is 11.8 Å². The molecule has 1 aliphatic carbocycles. The van der Waals surface area contributed by atoms with Crippen molar-refractivity contribution in [3.63, 3.8) is 0 Å². The van der Waals surface area contributed by atoms with Crippen molar-refractivity contribution in [3.05, 3.63) is 58.6 Å². The van der Waals surface area contributed by atoms with E-state index in [1.165, 1.54) is 0 Å². The van der Waals surface area contributed by atoms with E-state index in [0.717, 1.165) is 0 Å². The van der Waals surface area contributed by atoms with Crippen LogP contribution in [0.3, 0.4) is 0 Å². The number of hydrogen-bond donors (Lipinski definition) is 2. The average molecular weight is 349 g/mol. The number of anilines is 2. The lowest BCUT2D eigenvalue weighted by atomic mass is 10.2. The third kappa shape index (κ3) is 4.03. The maximum atomic E-state index is 12.1. The highest BCUT2D eigenvalue weighted by atomic mass is 35.5. The zero-order chi connectivity index (χ0) is 16.4. The Morgan fingerprint density at radius 1 is 0.826 bits per heavy atom. The monoisotopic (exact) mass is 348 g/mol. The van der Waals surface area contributed by atoms with Gasteiger partial charge >= 0.3 is 0 Å². The van der Waals surface area contributed by atoms with E-state index in [4.69, 9.17) is 23.2 Å². The smallest absolute Gasteiger partial charge is 0.228 e. The second-order valence-electron chi connectivity index (χ2n) is 5.44. The van der Waals surface area contributed by atoms with Crippen molar-refractivity contribution in [2.75, 3.05) is 10.6 Å². The molecule has 1 fully saturated rings. The molecule has 2 atom stereocenters. The van der Waals surface area contributed by atoms with Crippen LogP contribution in [-0.4, -0.2) is 11.8 Å². The number of rotatable bonds is 4. The molecule has 2 unspecified atom stereocenters. The maximum absolute atomic E-state index is 12.1. The zero-order valence-electron chi connectivity index (χ0n) is 12.1. The highest BCUT2D eigenvalue weighted by Crippen LogP contribution is 2.40. The molecular weight excluding hydrogens is 335 g/mol. The van der Waals surface area contributed by atoms with Gasteiger partial charge < -0.3 is 10.6 Å². The van der Waals surface area contributed by atoms with Crippen LogP contribution in [0.25, 0.3) is 0 Å². The normalized spacial score (nSPS) is 19.0. The fraction of sp³-hybridized carbons (Fsp3) is 0.176. The van der Waals surface area contributed by atoms with Crippen molar-refractivity contribution >= 4 is 46.4 Å². The van der Waals surface area contributed by atoms with E-state index in [-0.39, 0.29) is 23.7 Å². The molecule has 0 spiro atoms. The van der Waals surface area contributed by atoms with Gasteiger partial charge in [0.1, 0.15) is 0 Å². The van der Waals surface area contributed by atoms with Crippen molar-refractivity contribution in [2.45, 2.75) is 6.42 Å². The fourth-order valence-corrected chi connectivity index (χ4v) is 2.66. The third-order valence-electron chi connectivity index (χ3n) is 3.67. The highest BCUT2D eigenvalue weighted by molar-refractivity contribution is 6.31. The predicted octanol–water partition coefficient (Wildman–Crippen LogP) is 4.21. The van der Waals surface area contributed by atoms with Gasteiger partial charge in [0.25, 0.3) is 0 Å². The minimum absolute atomic E-state index is 0.154. The first-order chi connectivity index (χ1) is 11.0. The van der Waals surface area contributed by atoms with Gasteiger partial charge in [-0.25, -0.2) is 0 Å². The molecule has 6 heteroatoms. The molecule has 1 aliphatic rings. The summed E-state index contributed by atoms with van der Waals surface area (Å²) in [4.78, 5) is 24.3. The van der Waals surface area contributed by atoms with Crippen LogP contribution in [0.4, 0.5) is 11.4 Å². The van der Waals surface area contributed by atoms with Crippen LogP contribution < -0.4 is 10.6 Å². The first-order valence-electron chi connectivity index (χ1n) is 7.16. The second kappa shape index (κ2) is 6.60. The van der Waals surface area contributed by atoms with E-state index >= 15 is 0 Å². The van der Waals surface area contributed by atoms with E-state index in [2.05, 4.69) is 10.6 Å². The lowest BCUT2D eigenvalue weighted by molar-refractivity contribution is -0.122. The number of nitrogens with one attached hydrogen (secondary N) is 2. The molecule has 2 aromatic carbocycles. The summed E-state index contributed by atoms with van der Waals surface area (Å²) in [7, 11) is 0. The van der Waals surface area contributed by atoms with Crippen LogP contribution in [0.15, 0.2) is 48.5 Å². The quantitative estimate of drug-likeness (QED) is 0.869. The second-order valence-corrected chi connectivity index (χ2v) is 6.32. The molecule has 0 saturated heterocycles. The van der Waals surface area contributed by atoms with Crippen molar-refractivity contribution in [3.8, 4) is 0 Å². The van der Waals surface area contributed by atoms with Gasteiger partial charge in [0.15, 0.2) is 0 Å². The molecule has 0 aromatic heterocycles. The molecule has 3 rings (SSSR count). The zero-order valence-corrected chi connectivity index (χ0v) is 13.6. The summed E-state index contributed by atoms with van der Waals surface area (Å²) in [5.74, 6) is -0.923. The molecule has 2 amide bonds. The van der Waals surface area contributed by atoms with E-state index in [9.17, 15) is 9.59 Å². The molecule has 2 N–H and O–H groups in total. The largest absolute Gasteiger partial charge is 0.326 e. The molecule has 118 valence electrons. The van der Waals surface area contributed by atoms with E-state index in [1.807, 2.05) is 0 Å². The van der Waals surface area contributed by atoms with Gasteiger partial charge in [0.2, 0.25) is 11.8 Å². The maximum Gasteiger partial charge on any atom is 0.228 e. The minimum Gasteiger partial charge on any atom is -0.326 e. The Bertz CT molecular complexity index is 747. The molecule has 1 saturated carbocycles. The van der Waals surface area contributed by atoms with Gasteiger partial charge in [-0.3, -0.25) is 9.59 Å². The first-order valence-corrected chi connectivity index (χ1v) is 7.91. The molecule has 2 aromatic rings. The summed E-state index contributed by atoms with van der Waals surface area (Å²) in [5.41, 5.74) is 1.30. The summed E-state index contributed by atoms with van der Waals surface area (Å²) in [5, 5.41) is 6.73. The highest BCUT2D eigenvalue weighted by Gasteiger charge is 2.48. The fourth-order valence-electron chi connectivity index (χ4n) is 2.34. The van der Waals surface area contributed by atoms with Crippen LogP contribution in [0.2, 0.25) is 10.0 Å². The summed E-state index contributed by atoms with van der Waals surface area (Å²) in [6.45, 7) is 0. The number of carbonyl (C=O) groups excluding carboxylic acids is 2. The van der Waals surface area contributed by atoms with Crippen molar-refractivity contribution in [1.29, 1.82) is 0 Å². The number of amides is 2. The Labute approximate surface area is 143 Å². The van der Waals surface area contributed by atoms with Gasteiger partial charge in [-0.2, -0.15) is 0 Å². The van der Waals surface area contributed by atoms with Gasteiger partial charge in [-0.1, -0.05) is 29.3 Å². The predicted molar refractivity (Wildman–Crippen MR) is 91.8 cm³/mol. The Hall–Kier alpha value is -2.04. The summed E-state index contributed by atoms with van der Waals surface area (Å²) >= 11 is 11.7. The van der Waals surface area contributed by atoms with Crippen LogP contribution in [0.1, 0.15) is 6.42 Å². The molecular formula is C17H14Cl2N2O2. The van der Waals surface area contributed by atoms with Crippen LogP contribution >= 0.6 is 23.2 Å². The van der Waals surface area contributed by atoms with E-state index in [1.54, 1.807) is 48.5 Å². The molecule has 0 heterocycles. The number of benzene rings is 2. The van der Waals surface area contributed by atoms with Gasteiger partial charge in [0, 0.05) is 21.4 Å². The SMILES string of the molecule is O=C(Nc1ccc(Cl)cc1)C1CC1C(=O)Nc1cccc(Cl)c1. The van der Waals surface area contributed by atoms with Gasteiger partial charge in [-0.15, -0.1) is 0 Å². The number of carbonyl (C=O) groups is 2. The molecule has 23 heavy (non-hydrogen) atoms. The minimum atomic E-state index is -0.304. The van der Waals surface area contributed by atoms with Crippen molar-refractivity contribution in [1.82, 2.24) is 0 Å². The molecule has 4 nitrogen and oxygen atoms in total. The van der Waals surface area contributed by atoms with E-state index < -0.39 is 0 Å². The Morgan fingerprint density at radius 3 is 2.04 bits per heavy atom. The van der Waals surface area contributed by atoms with Crippen LogP contribution in [0.5, 0.6) is 0 Å². The Balaban J connectivity index is 1.55. The molecule has 0 aliphatic heterocycles.